The lowest BCUT2D eigenvalue weighted by atomic mass is 10.2. The maximum absolute atomic E-state index is 10.2. The largest absolute Gasteiger partial charge is 0.481 e. The molecule has 1 N–H and O–H groups in total. The lowest BCUT2D eigenvalue weighted by molar-refractivity contribution is -0.137. The van der Waals surface area contributed by atoms with Gasteiger partial charge in [-0.1, -0.05) is 6.92 Å². The average molecular weight is 170 g/mol. The van der Waals surface area contributed by atoms with Gasteiger partial charge < -0.3 is 5.11 Å². The highest BCUT2D eigenvalue weighted by Crippen LogP contribution is 2.00. The highest BCUT2D eigenvalue weighted by Gasteiger charge is 2.11. The number of hydrogen-bond acceptors (Lipinski definition) is 3. The molecule has 12 heavy (non-hydrogen) atoms. The first kappa shape index (κ1) is 10.9. The fraction of sp³-hybridized carbons (Fsp3) is 0.750. The summed E-state index contributed by atoms with van der Waals surface area (Å²) in [5.74, 6) is -0.824. The van der Waals surface area contributed by atoms with Crippen LogP contribution in [0.3, 0.4) is 0 Å². The second-order valence-corrected chi connectivity index (χ2v) is 2.68. The van der Waals surface area contributed by atoms with Crippen LogP contribution in [-0.4, -0.2) is 35.6 Å². The molecule has 4 nitrogen and oxygen atoms in total. The van der Waals surface area contributed by atoms with Gasteiger partial charge in [-0.15, -0.1) is 0 Å². The standard InChI is InChI=1S/C8H14N2O2/c1-3-7(6-9)10(2)5-4-8(11)12/h7H,3-5H2,1-2H3,(H,11,12). The molecule has 0 aromatic rings. The summed E-state index contributed by atoms with van der Waals surface area (Å²) in [6, 6.07) is 1.95. The Bertz CT molecular complexity index is 186. The van der Waals surface area contributed by atoms with Crippen molar-refractivity contribution in [3.05, 3.63) is 0 Å². The van der Waals surface area contributed by atoms with Gasteiger partial charge in [0.25, 0.3) is 0 Å². The van der Waals surface area contributed by atoms with Gasteiger partial charge in [-0.2, -0.15) is 5.26 Å². The molecule has 0 aliphatic carbocycles. The summed E-state index contributed by atoms with van der Waals surface area (Å²) in [4.78, 5) is 12.0. The van der Waals surface area contributed by atoms with E-state index in [9.17, 15) is 4.79 Å². The van der Waals surface area contributed by atoms with Crippen molar-refractivity contribution in [1.82, 2.24) is 4.90 Å². The predicted molar refractivity (Wildman–Crippen MR) is 44.6 cm³/mol. The first-order valence-electron chi connectivity index (χ1n) is 3.93. The summed E-state index contributed by atoms with van der Waals surface area (Å²) in [6.45, 7) is 2.34. The Morgan fingerprint density at radius 3 is 2.67 bits per heavy atom. The van der Waals surface area contributed by atoms with Gasteiger partial charge in [0.15, 0.2) is 0 Å². The molecule has 1 atom stereocenters. The highest BCUT2D eigenvalue weighted by molar-refractivity contribution is 5.66. The Morgan fingerprint density at radius 1 is 1.75 bits per heavy atom. The van der Waals surface area contributed by atoms with Crippen molar-refractivity contribution >= 4 is 5.97 Å². The van der Waals surface area contributed by atoms with Crippen LogP contribution in [0.25, 0.3) is 0 Å². The number of carboxylic acids is 1. The number of aliphatic carboxylic acids is 1. The number of carboxylic acid groups (broad SMARTS) is 1. The van der Waals surface area contributed by atoms with Crippen LogP contribution in [0, 0.1) is 11.3 Å². The van der Waals surface area contributed by atoms with Crippen LogP contribution in [0.5, 0.6) is 0 Å². The lowest BCUT2D eigenvalue weighted by Gasteiger charge is -2.19. The van der Waals surface area contributed by atoms with Gasteiger partial charge in [-0.05, 0) is 13.5 Å². The number of rotatable bonds is 5. The lowest BCUT2D eigenvalue weighted by Crippen LogP contribution is -2.31. The summed E-state index contributed by atoms with van der Waals surface area (Å²) in [5, 5.41) is 17.0. The van der Waals surface area contributed by atoms with Crippen LogP contribution in [-0.2, 0) is 4.79 Å². The fourth-order valence-corrected chi connectivity index (χ4v) is 0.929. The molecule has 0 heterocycles. The van der Waals surface area contributed by atoms with E-state index >= 15 is 0 Å². The van der Waals surface area contributed by atoms with Crippen molar-refractivity contribution in [2.75, 3.05) is 13.6 Å². The molecule has 0 rings (SSSR count). The Hall–Kier alpha value is -1.08. The van der Waals surface area contributed by atoms with Crippen molar-refractivity contribution < 1.29 is 9.90 Å². The zero-order chi connectivity index (χ0) is 9.56. The topological polar surface area (TPSA) is 64.3 Å². The third kappa shape index (κ3) is 3.94. The van der Waals surface area contributed by atoms with Crippen molar-refractivity contribution in [1.29, 1.82) is 5.26 Å². The minimum Gasteiger partial charge on any atom is -0.481 e. The quantitative estimate of drug-likeness (QED) is 0.659. The summed E-state index contributed by atoms with van der Waals surface area (Å²) >= 11 is 0. The SMILES string of the molecule is CCC(C#N)N(C)CCC(=O)O. The van der Waals surface area contributed by atoms with E-state index in [4.69, 9.17) is 10.4 Å². The molecule has 0 spiro atoms. The summed E-state index contributed by atoms with van der Waals surface area (Å²) in [6.07, 6.45) is 0.821. The monoisotopic (exact) mass is 170 g/mol. The molecular formula is C8H14N2O2. The zero-order valence-electron chi connectivity index (χ0n) is 7.45. The van der Waals surface area contributed by atoms with Gasteiger partial charge in [0.2, 0.25) is 0 Å². The molecule has 4 heteroatoms. The van der Waals surface area contributed by atoms with E-state index in [0.29, 0.717) is 6.54 Å². The molecule has 0 amide bonds. The summed E-state index contributed by atoms with van der Waals surface area (Å²) in [5.41, 5.74) is 0. The molecule has 1 unspecified atom stereocenters. The van der Waals surface area contributed by atoms with Gasteiger partial charge in [0.1, 0.15) is 0 Å². The predicted octanol–water partition coefficient (Wildman–Crippen LogP) is 0.695. The van der Waals surface area contributed by atoms with E-state index in [2.05, 4.69) is 6.07 Å². The van der Waals surface area contributed by atoms with E-state index < -0.39 is 5.97 Å². The normalized spacial score (nSPS) is 12.5. The number of carbonyl (C=O) groups is 1. The van der Waals surface area contributed by atoms with Crippen molar-refractivity contribution in [3.8, 4) is 6.07 Å². The van der Waals surface area contributed by atoms with Crippen LogP contribution < -0.4 is 0 Å². The Labute approximate surface area is 72.4 Å². The average Bonchev–Trinajstić information content (AvgIpc) is 2.03. The summed E-state index contributed by atoms with van der Waals surface area (Å²) < 4.78 is 0. The molecule has 0 aliphatic rings. The van der Waals surface area contributed by atoms with Crippen LogP contribution in [0.4, 0.5) is 0 Å². The maximum atomic E-state index is 10.2. The summed E-state index contributed by atoms with van der Waals surface area (Å²) in [7, 11) is 1.76. The van der Waals surface area contributed by atoms with Crippen LogP contribution in [0.15, 0.2) is 0 Å². The van der Waals surface area contributed by atoms with Crippen molar-refractivity contribution in [2.24, 2.45) is 0 Å². The third-order valence-electron chi connectivity index (χ3n) is 1.75. The Balaban J connectivity index is 3.78. The second kappa shape index (κ2) is 5.56. The number of nitrogens with zero attached hydrogens (tertiary/aromatic N) is 2. The molecule has 0 bridgehead atoms. The minimum atomic E-state index is -0.824. The molecule has 0 radical (unpaired) electrons. The molecule has 0 aromatic carbocycles. The molecule has 0 fully saturated rings. The maximum Gasteiger partial charge on any atom is 0.304 e. The van der Waals surface area contributed by atoms with Crippen molar-refractivity contribution in [3.63, 3.8) is 0 Å². The van der Waals surface area contributed by atoms with Gasteiger partial charge in [-0.3, -0.25) is 9.69 Å². The minimum absolute atomic E-state index is 0.0919. The smallest absolute Gasteiger partial charge is 0.304 e. The van der Waals surface area contributed by atoms with Gasteiger partial charge >= 0.3 is 5.97 Å². The second-order valence-electron chi connectivity index (χ2n) is 2.68. The van der Waals surface area contributed by atoms with Gasteiger partial charge in [-0.25, -0.2) is 0 Å². The van der Waals surface area contributed by atoms with E-state index in [0.717, 1.165) is 6.42 Å². The Kier molecular flexibility index (Phi) is 5.06. The van der Waals surface area contributed by atoms with Gasteiger partial charge in [0, 0.05) is 6.54 Å². The molecule has 0 aliphatic heterocycles. The molecular weight excluding hydrogens is 156 g/mol. The number of hydrogen-bond donors (Lipinski definition) is 1. The molecule has 0 saturated carbocycles. The first-order valence-corrected chi connectivity index (χ1v) is 3.93. The highest BCUT2D eigenvalue weighted by atomic mass is 16.4. The third-order valence-corrected chi connectivity index (χ3v) is 1.75. The fourth-order valence-electron chi connectivity index (χ4n) is 0.929. The van der Waals surface area contributed by atoms with E-state index in [1.807, 2.05) is 6.92 Å². The molecule has 0 saturated heterocycles. The molecule has 0 aromatic heterocycles. The van der Waals surface area contributed by atoms with Crippen molar-refractivity contribution in [2.45, 2.75) is 25.8 Å². The van der Waals surface area contributed by atoms with Crippen LogP contribution in [0.1, 0.15) is 19.8 Å². The van der Waals surface area contributed by atoms with E-state index in [-0.39, 0.29) is 12.5 Å². The zero-order valence-corrected chi connectivity index (χ0v) is 7.45. The van der Waals surface area contributed by atoms with Crippen LogP contribution >= 0.6 is 0 Å². The first-order chi connectivity index (χ1) is 5.61. The van der Waals surface area contributed by atoms with Crippen LogP contribution in [0.2, 0.25) is 0 Å². The number of nitriles is 1. The van der Waals surface area contributed by atoms with Gasteiger partial charge in [0.05, 0.1) is 18.5 Å². The van der Waals surface area contributed by atoms with E-state index in [1.54, 1.807) is 11.9 Å². The Morgan fingerprint density at radius 2 is 2.33 bits per heavy atom. The van der Waals surface area contributed by atoms with E-state index in [1.165, 1.54) is 0 Å². The molecule has 68 valence electrons.